The van der Waals surface area contributed by atoms with Gasteiger partial charge in [-0.25, -0.2) is 0 Å². The molecule has 1 atom stereocenters. The van der Waals surface area contributed by atoms with Crippen molar-refractivity contribution in [3.63, 3.8) is 0 Å². The molecule has 1 aromatic carbocycles. The van der Waals surface area contributed by atoms with Gasteiger partial charge in [-0.1, -0.05) is 12.1 Å². The summed E-state index contributed by atoms with van der Waals surface area (Å²) < 4.78 is 6.56. The predicted octanol–water partition coefficient (Wildman–Crippen LogP) is 3.06. The lowest BCUT2D eigenvalue weighted by molar-refractivity contribution is 0.265. The lowest BCUT2D eigenvalue weighted by Gasteiger charge is -2.23. The van der Waals surface area contributed by atoms with Crippen LogP contribution in [0.5, 0.6) is 5.75 Å². The first-order valence-corrected chi connectivity index (χ1v) is 7.76. The number of likely N-dealkylation sites (tertiary alicyclic amines) is 1. The molecule has 1 unspecified atom stereocenters. The van der Waals surface area contributed by atoms with E-state index in [1.165, 1.54) is 44.6 Å². The van der Waals surface area contributed by atoms with Gasteiger partial charge in [0.05, 0.1) is 11.6 Å². The van der Waals surface area contributed by atoms with Crippen LogP contribution < -0.4 is 10.1 Å². The Balaban J connectivity index is 0.00000147. The first-order chi connectivity index (χ1) is 9.22. The van der Waals surface area contributed by atoms with Crippen molar-refractivity contribution in [3.05, 3.63) is 28.2 Å². The summed E-state index contributed by atoms with van der Waals surface area (Å²) >= 11 is 3.56. The van der Waals surface area contributed by atoms with Gasteiger partial charge in [-0.3, -0.25) is 4.90 Å². The van der Waals surface area contributed by atoms with Gasteiger partial charge in [0.1, 0.15) is 5.75 Å². The van der Waals surface area contributed by atoms with E-state index in [2.05, 4.69) is 38.3 Å². The molecule has 112 valence electrons. The van der Waals surface area contributed by atoms with Crippen LogP contribution in [-0.2, 0) is 6.54 Å². The van der Waals surface area contributed by atoms with E-state index >= 15 is 0 Å². The summed E-state index contributed by atoms with van der Waals surface area (Å²) in [6.07, 6.45) is 2.66. The van der Waals surface area contributed by atoms with Crippen LogP contribution in [0.4, 0.5) is 0 Å². The lowest BCUT2D eigenvalue weighted by Crippen LogP contribution is -2.29. The van der Waals surface area contributed by atoms with Crippen LogP contribution in [0.15, 0.2) is 22.7 Å². The number of methoxy groups -OCH3 is 1. The molecule has 2 heterocycles. The molecule has 0 saturated carbocycles. The molecule has 1 aromatic rings. The van der Waals surface area contributed by atoms with Crippen molar-refractivity contribution in [2.24, 2.45) is 5.41 Å². The van der Waals surface area contributed by atoms with Crippen molar-refractivity contribution in [2.75, 3.05) is 33.3 Å². The lowest BCUT2D eigenvalue weighted by atomic mass is 9.86. The Bertz CT molecular complexity index is 463. The van der Waals surface area contributed by atoms with Gasteiger partial charge in [0.15, 0.2) is 0 Å². The first-order valence-electron chi connectivity index (χ1n) is 6.97. The van der Waals surface area contributed by atoms with Crippen LogP contribution in [0, 0.1) is 5.41 Å². The van der Waals surface area contributed by atoms with Gasteiger partial charge < -0.3 is 10.1 Å². The molecule has 2 aliphatic rings. The van der Waals surface area contributed by atoms with Crippen LogP contribution in [0.1, 0.15) is 18.4 Å². The number of nitrogens with one attached hydrogen (secondary N) is 1. The fourth-order valence-corrected chi connectivity index (χ4v) is 4.02. The van der Waals surface area contributed by atoms with Crippen molar-refractivity contribution in [3.8, 4) is 5.75 Å². The quantitative estimate of drug-likeness (QED) is 0.895. The van der Waals surface area contributed by atoms with E-state index < -0.39 is 0 Å². The number of ether oxygens (including phenoxy) is 1. The second kappa shape index (κ2) is 6.65. The first kappa shape index (κ1) is 16.1. The van der Waals surface area contributed by atoms with E-state index in [0.29, 0.717) is 5.41 Å². The summed E-state index contributed by atoms with van der Waals surface area (Å²) in [5, 5.41) is 3.51. The normalized spacial score (nSPS) is 25.9. The Morgan fingerprint density at radius 3 is 2.95 bits per heavy atom. The smallest absolute Gasteiger partial charge is 0.137 e. The Morgan fingerprint density at radius 1 is 1.40 bits per heavy atom. The Hall–Kier alpha value is -0.290. The zero-order valence-electron chi connectivity index (χ0n) is 11.8. The van der Waals surface area contributed by atoms with Gasteiger partial charge >= 0.3 is 0 Å². The van der Waals surface area contributed by atoms with Gasteiger partial charge in [0, 0.05) is 25.2 Å². The van der Waals surface area contributed by atoms with Crippen molar-refractivity contribution < 1.29 is 4.74 Å². The van der Waals surface area contributed by atoms with Crippen LogP contribution >= 0.6 is 28.3 Å². The number of hydrogen-bond acceptors (Lipinski definition) is 3. The standard InChI is InChI=1S/C15H21BrN2O.ClH/c1-19-14-12(3-2-4-13(14)16)9-18-8-6-15(11-18)5-7-17-10-15;/h2-4,17H,5-11H2,1H3;1H. The molecular weight excluding hydrogens is 340 g/mol. The van der Waals surface area contributed by atoms with Crippen molar-refractivity contribution in [1.29, 1.82) is 0 Å². The van der Waals surface area contributed by atoms with E-state index in [0.717, 1.165) is 16.8 Å². The fourth-order valence-electron chi connectivity index (χ4n) is 3.45. The average Bonchev–Trinajstić information content (AvgIpc) is 3.01. The maximum Gasteiger partial charge on any atom is 0.137 e. The number of nitrogens with zero attached hydrogens (tertiary/aromatic N) is 1. The molecule has 20 heavy (non-hydrogen) atoms. The van der Waals surface area contributed by atoms with E-state index in [9.17, 15) is 0 Å². The molecule has 2 aliphatic heterocycles. The molecule has 0 amide bonds. The second-order valence-electron chi connectivity index (χ2n) is 5.82. The van der Waals surface area contributed by atoms with Gasteiger partial charge in [0.25, 0.3) is 0 Å². The van der Waals surface area contributed by atoms with Crippen LogP contribution in [0.2, 0.25) is 0 Å². The van der Waals surface area contributed by atoms with E-state index in [1.54, 1.807) is 7.11 Å². The van der Waals surface area contributed by atoms with E-state index in [-0.39, 0.29) is 12.4 Å². The molecule has 1 spiro atoms. The van der Waals surface area contributed by atoms with Crippen LogP contribution in [0.3, 0.4) is 0 Å². The number of benzene rings is 1. The average molecular weight is 362 g/mol. The van der Waals surface area contributed by atoms with Crippen molar-refractivity contribution >= 4 is 28.3 Å². The molecule has 0 radical (unpaired) electrons. The molecule has 3 rings (SSSR count). The zero-order chi connectivity index (χ0) is 13.3. The summed E-state index contributed by atoms with van der Waals surface area (Å²) in [6, 6.07) is 6.29. The van der Waals surface area contributed by atoms with Crippen molar-refractivity contribution in [1.82, 2.24) is 10.2 Å². The number of hydrogen-bond donors (Lipinski definition) is 1. The summed E-state index contributed by atoms with van der Waals surface area (Å²) in [6.45, 7) is 5.80. The molecule has 5 heteroatoms. The Kier molecular flexibility index (Phi) is 5.35. The topological polar surface area (TPSA) is 24.5 Å². The zero-order valence-corrected chi connectivity index (χ0v) is 14.2. The second-order valence-corrected chi connectivity index (χ2v) is 6.67. The molecular formula is C15H22BrClN2O. The molecule has 0 aliphatic carbocycles. The summed E-state index contributed by atoms with van der Waals surface area (Å²) in [4.78, 5) is 2.57. The summed E-state index contributed by atoms with van der Waals surface area (Å²) in [5.74, 6) is 0.980. The third-order valence-electron chi connectivity index (χ3n) is 4.50. The molecule has 2 fully saturated rings. The maximum atomic E-state index is 5.52. The van der Waals surface area contributed by atoms with Gasteiger partial charge in [0.2, 0.25) is 0 Å². The maximum absolute atomic E-state index is 5.52. The molecule has 2 saturated heterocycles. The highest BCUT2D eigenvalue weighted by Crippen LogP contribution is 2.38. The summed E-state index contributed by atoms with van der Waals surface area (Å²) in [5.41, 5.74) is 1.82. The minimum absolute atomic E-state index is 0. The predicted molar refractivity (Wildman–Crippen MR) is 87.8 cm³/mol. The van der Waals surface area contributed by atoms with Crippen LogP contribution in [-0.4, -0.2) is 38.2 Å². The summed E-state index contributed by atoms with van der Waals surface area (Å²) in [7, 11) is 1.75. The Morgan fingerprint density at radius 2 is 2.25 bits per heavy atom. The number of para-hydroxylation sites is 1. The highest BCUT2D eigenvalue weighted by molar-refractivity contribution is 9.10. The highest BCUT2D eigenvalue weighted by atomic mass is 79.9. The molecule has 3 nitrogen and oxygen atoms in total. The minimum Gasteiger partial charge on any atom is -0.495 e. The monoisotopic (exact) mass is 360 g/mol. The van der Waals surface area contributed by atoms with E-state index in [1.807, 2.05) is 6.07 Å². The molecule has 1 N–H and O–H groups in total. The van der Waals surface area contributed by atoms with Gasteiger partial charge in [-0.2, -0.15) is 0 Å². The SMILES string of the molecule is COc1c(Br)cccc1CN1CCC2(CCNC2)C1.Cl. The van der Waals surface area contributed by atoms with Gasteiger partial charge in [-0.05, 0) is 53.3 Å². The largest absolute Gasteiger partial charge is 0.495 e. The number of halogens is 2. The van der Waals surface area contributed by atoms with Crippen LogP contribution in [0.25, 0.3) is 0 Å². The fraction of sp³-hybridized carbons (Fsp3) is 0.600. The molecule has 0 bridgehead atoms. The van der Waals surface area contributed by atoms with E-state index in [4.69, 9.17) is 4.74 Å². The Labute approximate surface area is 135 Å². The third kappa shape index (κ3) is 3.14. The number of rotatable bonds is 3. The van der Waals surface area contributed by atoms with Gasteiger partial charge in [-0.15, -0.1) is 12.4 Å². The van der Waals surface area contributed by atoms with Crippen molar-refractivity contribution in [2.45, 2.75) is 19.4 Å². The highest BCUT2D eigenvalue weighted by Gasteiger charge is 2.40. The third-order valence-corrected chi connectivity index (χ3v) is 5.12. The molecule has 0 aromatic heterocycles. The minimum atomic E-state index is 0.